The molecule has 0 atom stereocenters. The first-order chi connectivity index (χ1) is 8.56. The van der Waals surface area contributed by atoms with Crippen LogP contribution in [0.4, 0.5) is 5.69 Å². The van der Waals surface area contributed by atoms with Crippen LogP contribution in [-0.2, 0) is 0 Å². The summed E-state index contributed by atoms with van der Waals surface area (Å²) in [6, 6.07) is 12.4. The van der Waals surface area contributed by atoms with Crippen molar-refractivity contribution in [2.45, 2.75) is 11.8 Å². The van der Waals surface area contributed by atoms with Gasteiger partial charge in [0.25, 0.3) is 5.91 Å². The van der Waals surface area contributed by atoms with Crippen LogP contribution in [0.1, 0.15) is 15.9 Å². The zero-order chi connectivity index (χ0) is 13.1. The Kier molecular flexibility index (Phi) is 3.94. The van der Waals surface area contributed by atoms with Gasteiger partial charge < -0.3 is 5.32 Å². The van der Waals surface area contributed by atoms with Gasteiger partial charge in [-0.05, 0) is 48.9 Å². The highest BCUT2D eigenvalue weighted by molar-refractivity contribution is 7.80. The number of nitrogens with one attached hydrogen (secondary N) is 1. The molecule has 0 saturated carbocycles. The fourth-order valence-electron chi connectivity index (χ4n) is 1.49. The molecule has 0 aromatic heterocycles. The molecule has 0 spiro atoms. The Labute approximate surface area is 116 Å². The summed E-state index contributed by atoms with van der Waals surface area (Å²) in [5.41, 5.74) is 2.25. The summed E-state index contributed by atoms with van der Waals surface area (Å²) in [4.78, 5) is 12.8. The fourth-order valence-corrected chi connectivity index (χ4v) is 1.82. The lowest BCUT2D eigenvalue weighted by Crippen LogP contribution is -2.11. The highest BCUT2D eigenvalue weighted by Gasteiger charge is 2.06. The van der Waals surface area contributed by atoms with Gasteiger partial charge in [-0.3, -0.25) is 4.79 Å². The average molecular weight is 278 g/mol. The molecule has 2 aromatic carbocycles. The average Bonchev–Trinajstić information content (AvgIpc) is 2.34. The van der Waals surface area contributed by atoms with E-state index in [4.69, 9.17) is 11.6 Å². The molecule has 1 N–H and O–H groups in total. The Bertz CT molecular complexity index is 581. The molecular weight excluding hydrogens is 266 g/mol. The number of thiol groups is 1. The molecule has 0 saturated heterocycles. The highest BCUT2D eigenvalue weighted by Crippen LogP contribution is 2.20. The second-order valence-electron chi connectivity index (χ2n) is 3.96. The third-order valence-electron chi connectivity index (χ3n) is 2.56. The summed E-state index contributed by atoms with van der Waals surface area (Å²) in [6.45, 7) is 1.92. The maximum atomic E-state index is 11.9. The van der Waals surface area contributed by atoms with E-state index in [1.165, 1.54) is 0 Å². The van der Waals surface area contributed by atoms with Crippen LogP contribution in [0.5, 0.6) is 0 Å². The van der Waals surface area contributed by atoms with Crippen LogP contribution < -0.4 is 5.32 Å². The van der Waals surface area contributed by atoms with Gasteiger partial charge in [-0.25, -0.2) is 0 Å². The van der Waals surface area contributed by atoms with E-state index < -0.39 is 0 Å². The minimum Gasteiger partial charge on any atom is -0.322 e. The highest BCUT2D eigenvalue weighted by atomic mass is 35.5. The molecule has 0 unspecified atom stereocenters. The van der Waals surface area contributed by atoms with Crippen molar-refractivity contribution in [3.05, 3.63) is 58.6 Å². The molecule has 18 heavy (non-hydrogen) atoms. The predicted molar refractivity (Wildman–Crippen MR) is 77.8 cm³/mol. The quantitative estimate of drug-likeness (QED) is 0.792. The van der Waals surface area contributed by atoms with Crippen molar-refractivity contribution in [1.82, 2.24) is 0 Å². The summed E-state index contributed by atoms with van der Waals surface area (Å²) in [6.07, 6.45) is 0. The Hall–Kier alpha value is -1.45. The number of aryl methyl sites for hydroxylation is 1. The molecule has 1 amide bonds. The van der Waals surface area contributed by atoms with E-state index in [1.54, 1.807) is 30.3 Å². The second-order valence-corrected chi connectivity index (χ2v) is 4.89. The van der Waals surface area contributed by atoms with Gasteiger partial charge in [-0.15, -0.1) is 12.6 Å². The molecule has 2 nitrogen and oxygen atoms in total. The second kappa shape index (κ2) is 5.46. The van der Waals surface area contributed by atoms with E-state index in [-0.39, 0.29) is 5.91 Å². The van der Waals surface area contributed by atoms with E-state index in [1.807, 2.05) is 19.1 Å². The van der Waals surface area contributed by atoms with E-state index in [2.05, 4.69) is 17.9 Å². The molecule has 0 aliphatic carbocycles. The number of hydrogen-bond donors (Lipinski definition) is 2. The Morgan fingerprint density at radius 3 is 2.44 bits per heavy atom. The lowest BCUT2D eigenvalue weighted by atomic mass is 10.2. The van der Waals surface area contributed by atoms with Gasteiger partial charge in [0.2, 0.25) is 0 Å². The number of amides is 1. The molecule has 0 fully saturated rings. The zero-order valence-corrected chi connectivity index (χ0v) is 11.4. The molecule has 0 aliphatic rings. The van der Waals surface area contributed by atoms with Crippen molar-refractivity contribution < 1.29 is 4.79 Å². The number of rotatable bonds is 2. The maximum Gasteiger partial charge on any atom is 0.255 e. The summed E-state index contributed by atoms with van der Waals surface area (Å²) < 4.78 is 0. The number of hydrogen-bond acceptors (Lipinski definition) is 2. The van der Waals surface area contributed by atoms with Crippen LogP contribution in [0.15, 0.2) is 47.4 Å². The van der Waals surface area contributed by atoms with Crippen molar-refractivity contribution in [1.29, 1.82) is 0 Å². The Morgan fingerprint density at radius 2 is 1.83 bits per heavy atom. The van der Waals surface area contributed by atoms with Crippen molar-refractivity contribution in [3.63, 3.8) is 0 Å². The van der Waals surface area contributed by atoms with Crippen molar-refractivity contribution in [3.8, 4) is 0 Å². The van der Waals surface area contributed by atoms with Crippen molar-refractivity contribution >= 4 is 35.8 Å². The number of carbonyl (C=O) groups excluding carboxylic acids is 1. The summed E-state index contributed by atoms with van der Waals surface area (Å²) in [7, 11) is 0. The monoisotopic (exact) mass is 277 g/mol. The van der Waals surface area contributed by atoms with Crippen LogP contribution >= 0.6 is 24.2 Å². The van der Waals surface area contributed by atoms with Gasteiger partial charge in [0.05, 0.1) is 0 Å². The van der Waals surface area contributed by atoms with Crippen LogP contribution in [-0.4, -0.2) is 5.91 Å². The van der Waals surface area contributed by atoms with Gasteiger partial charge in [0.15, 0.2) is 0 Å². The zero-order valence-electron chi connectivity index (χ0n) is 9.77. The van der Waals surface area contributed by atoms with Crippen LogP contribution in [0.3, 0.4) is 0 Å². The van der Waals surface area contributed by atoms with Crippen molar-refractivity contribution in [2.75, 3.05) is 5.32 Å². The van der Waals surface area contributed by atoms with Crippen molar-refractivity contribution in [2.24, 2.45) is 0 Å². The fraction of sp³-hybridized carbons (Fsp3) is 0.0714. The van der Waals surface area contributed by atoms with Crippen LogP contribution in [0.25, 0.3) is 0 Å². The Balaban J connectivity index is 2.16. The van der Waals surface area contributed by atoms with E-state index in [9.17, 15) is 4.79 Å². The van der Waals surface area contributed by atoms with E-state index in [0.717, 1.165) is 10.5 Å². The van der Waals surface area contributed by atoms with E-state index in [0.29, 0.717) is 16.3 Å². The minimum atomic E-state index is -0.164. The molecule has 0 heterocycles. The largest absolute Gasteiger partial charge is 0.322 e. The molecule has 4 heteroatoms. The molecular formula is C14H12ClNOS. The maximum absolute atomic E-state index is 11.9. The normalized spacial score (nSPS) is 10.2. The topological polar surface area (TPSA) is 29.1 Å². The third kappa shape index (κ3) is 3.06. The molecule has 2 aromatic rings. The van der Waals surface area contributed by atoms with E-state index >= 15 is 0 Å². The number of halogens is 1. The molecule has 92 valence electrons. The summed E-state index contributed by atoms with van der Waals surface area (Å²) >= 11 is 10.2. The molecule has 0 bridgehead atoms. The van der Waals surface area contributed by atoms with Gasteiger partial charge in [-0.2, -0.15) is 0 Å². The SMILES string of the molecule is Cc1ccc(NC(=O)c2ccc(S)cc2)cc1Cl. The molecule has 0 radical (unpaired) electrons. The van der Waals surface area contributed by atoms with Gasteiger partial charge in [0, 0.05) is 21.2 Å². The first-order valence-electron chi connectivity index (χ1n) is 5.43. The number of benzene rings is 2. The molecule has 0 aliphatic heterocycles. The van der Waals surface area contributed by atoms with Gasteiger partial charge in [-0.1, -0.05) is 17.7 Å². The third-order valence-corrected chi connectivity index (χ3v) is 3.26. The lowest BCUT2D eigenvalue weighted by Gasteiger charge is -2.07. The smallest absolute Gasteiger partial charge is 0.255 e. The summed E-state index contributed by atoms with van der Waals surface area (Å²) in [5, 5.41) is 3.43. The number of anilines is 1. The Morgan fingerprint density at radius 1 is 1.17 bits per heavy atom. The summed E-state index contributed by atoms with van der Waals surface area (Å²) in [5.74, 6) is -0.164. The number of carbonyl (C=O) groups is 1. The predicted octanol–water partition coefficient (Wildman–Crippen LogP) is 4.19. The minimum absolute atomic E-state index is 0.164. The van der Waals surface area contributed by atoms with Crippen LogP contribution in [0.2, 0.25) is 5.02 Å². The standard InChI is InChI=1S/C14H12ClNOS/c1-9-2-5-11(8-13(9)15)16-14(17)10-3-6-12(18)7-4-10/h2-8,18H,1H3,(H,16,17). The first kappa shape index (κ1) is 13.0. The lowest BCUT2D eigenvalue weighted by molar-refractivity contribution is 0.102. The van der Waals surface area contributed by atoms with Crippen LogP contribution in [0, 0.1) is 6.92 Å². The molecule has 2 rings (SSSR count). The van der Waals surface area contributed by atoms with Gasteiger partial charge >= 0.3 is 0 Å². The first-order valence-corrected chi connectivity index (χ1v) is 6.25. The van der Waals surface area contributed by atoms with Gasteiger partial charge in [0.1, 0.15) is 0 Å².